The molecule has 5 atom stereocenters. The predicted molar refractivity (Wildman–Crippen MR) is 184 cm³/mol. The van der Waals surface area contributed by atoms with Crippen LogP contribution in [0.2, 0.25) is 0 Å². The maximum atomic E-state index is 13.7. The predicted octanol–water partition coefficient (Wildman–Crippen LogP) is 4.46. The number of aliphatic hydroxyl groups excluding tert-OH is 1. The fourth-order valence-corrected chi connectivity index (χ4v) is 5.84. The average Bonchev–Trinajstić information content (AvgIpc) is 3.75. The number of hydrogen-bond acceptors (Lipinski definition) is 10. The van der Waals surface area contributed by atoms with Gasteiger partial charge in [-0.05, 0) is 57.2 Å². The molecule has 1 saturated heterocycles. The maximum absolute atomic E-state index is 13.7. The summed E-state index contributed by atoms with van der Waals surface area (Å²) in [6.07, 6.45) is 7.67. The minimum atomic E-state index is -1.04. The number of rotatable bonds is 5. The molecule has 0 unspecified atom stereocenters. The van der Waals surface area contributed by atoms with Gasteiger partial charge in [0.1, 0.15) is 24.2 Å². The smallest absolute Gasteiger partial charge is 0.411 e. The third-order valence-corrected chi connectivity index (χ3v) is 8.56. The van der Waals surface area contributed by atoms with Crippen LogP contribution in [0.4, 0.5) is 10.5 Å². The molecule has 4 rings (SSSR count). The van der Waals surface area contributed by atoms with Crippen molar-refractivity contribution in [2.24, 2.45) is 11.8 Å². The summed E-state index contributed by atoms with van der Waals surface area (Å²) < 4.78 is 16.9. The van der Waals surface area contributed by atoms with Crippen LogP contribution < -0.4 is 10.6 Å². The average molecular weight is 691 g/mol. The van der Waals surface area contributed by atoms with Crippen LogP contribution in [0, 0.1) is 18.8 Å². The molecule has 2 aliphatic rings. The molecular formula is C37H46N4O9. The number of aliphatic hydroxyl groups is 1. The Morgan fingerprint density at radius 1 is 1.16 bits per heavy atom. The van der Waals surface area contributed by atoms with Gasteiger partial charge in [0.15, 0.2) is 5.69 Å². The second-order valence-electron chi connectivity index (χ2n) is 12.8. The fourth-order valence-electron chi connectivity index (χ4n) is 5.84. The molecule has 2 bridgehead atoms. The van der Waals surface area contributed by atoms with E-state index in [1.54, 1.807) is 37.3 Å². The van der Waals surface area contributed by atoms with E-state index in [2.05, 4.69) is 15.6 Å². The lowest BCUT2D eigenvalue weighted by atomic mass is 9.90. The van der Waals surface area contributed by atoms with Crippen molar-refractivity contribution in [1.29, 1.82) is 0 Å². The summed E-state index contributed by atoms with van der Waals surface area (Å²) in [5, 5.41) is 15.8. The third-order valence-electron chi connectivity index (χ3n) is 8.56. The fraction of sp³-hybridized carbons (Fsp3) is 0.459. The largest absolute Gasteiger partial charge is 0.460 e. The molecule has 13 nitrogen and oxygen atoms in total. The van der Waals surface area contributed by atoms with Crippen LogP contribution in [0.1, 0.15) is 68.4 Å². The van der Waals surface area contributed by atoms with Crippen LogP contribution in [0.3, 0.4) is 0 Å². The Balaban J connectivity index is 1.50. The van der Waals surface area contributed by atoms with Gasteiger partial charge in [-0.1, -0.05) is 61.4 Å². The van der Waals surface area contributed by atoms with Gasteiger partial charge in [-0.3, -0.25) is 19.7 Å². The number of Topliss-reactive ketones (excluding diaryl/α,β-unsaturated/α-hetero) is 1. The summed E-state index contributed by atoms with van der Waals surface area (Å²) in [5.41, 5.74) is 2.31. The lowest BCUT2D eigenvalue weighted by molar-refractivity contribution is -0.158. The number of fused-ring (bicyclic) bond motifs is 3. The van der Waals surface area contributed by atoms with Gasteiger partial charge in [0, 0.05) is 31.1 Å². The zero-order valence-corrected chi connectivity index (χ0v) is 28.9. The van der Waals surface area contributed by atoms with Crippen LogP contribution in [0.5, 0.6) is 0 Å². The first-order valence-corrected chi connectivity index (χ1v) is 16.9. The number of nitrogens with one attached hydrogen (secondary N) is 2. The van der Waals surface area contributed by atoms with E-state index in [-0.39, 0.29) is 55.2 Å². The van der Waals surface area contributed by atoms with Crippen molar-refractivity contribution in [2.75, 3.05) is 25.0 Å². The molecule has 2 aliphatic heterocycles. The molecule has 0 spiro atoms. The number of aryl methyl sites for hydroxylation is 1. The number of oxazole rings is 1. The molecule has 50 heavy (non-hydrogen) atoms. The van der Waals surface area contributed by atoms with E-state index >= 15 is 0 Å². The number of esters is 1. The molecule has 13 heteroatoms. The normalized spacial score (nSPS) is 25.7. The van der Waals surface area contributed by atoms with E-state index in [1.165, 1.54) is 17.1 Å². The van der Waals surface area contributed by atoms with E-state index in [4.69, 9.17) is 13.9 Å². The Morgan fingerprint density at radius 3 is 2.68 bits per heavy atom. The molecular weight excluding hydrogens is 644 g/mol. The van der Waals surface area contributed by atoms with Crippen molar-refractivity contribution in [3.05, 3.63) is 83.6 Å². The maximum Gasteiger partial charge on any atom is 0.411 e. The number of allylic oxidation sites excluding steroid dienone is 2. The lowest BCUT2D eigenvalue weighted by Gasteiger charge is -2.31. The van der Waals surface area contributed by atoms with Crippen molar-refractivity contribution in [1.82, 2.24) is 15.2 Å². The Hall–Kier alpha value is -5.04. The quantitative estimate of drug-likeness (QED) is 0.380. The van der Waals surface area contributed by atoms with E-state index in [9.17, 15) is 29.1 Å². The highest BCUT2D eigenvalue weighted by Crippen LogP contribution is 2.27. The molecule has 0 aliphatic carbocycles. The SMILES string of the molecule is CC1=C\[C@@H](O)CC(=O)Cc2nc(co2)C(=O)N2CCC[C@@H]2C(=O)O[C@H]([C@H](C)CCOC(=O)Nc2ccc(C)cc2)[C@H](C)/C=C/C(=O)NC\C=C\1. The number of anilines is 1. The summed E-state index contributed by atoms with van der Waals surface area (Å²) in [4.78, 5) is 70.3. The second kappa shape index (κ2) is 18.1. The first-order chi connectivity index (χ1) is 23.9. The number of ketones is 1. The van der Waals surface area contributed by atoms with Gasteiger partial charge in [0.25, 0.3) is 5.91 Å². The lowest BCUT2D eigenvalue weighted by Crippen LogP contribution is -2.44. The number of nitrogens with zero attached hydrogens (tertiary/aromatic N) is 2. The molecule has 1 aromatic heterocycles. The number of amides is 3. The Bertz CT molecular complexity index is 1610. The summed E-state index contributed by atoms with van der Waals surface area (Å²) in [6.45, 7) is 7.95. The summed E-state index contributed by atoms with van der Waals surface area (Å²) in [6, 6.07) is 6.41. The molecule has 2 aromatic rings. The molecule has 268 valence electrons. The Kier molecular flexibility index (Phi) is 13.7. The van der Waals surface area contributed by atoms with Crippen LogP contribution in [0.15, 0.2) is 70.9 Å². The van der Waals surface area contributed by atoms with Crippen LogP contribution in [-0.4, -0.2) is 82.6 Å². The highest BCUT2D eigenvalue weighted by molar-refractivity contribution is 5.95. The zero-order chi connectivity index (χ0) is 36.2. The van der Waals surface area contributed by atoms with Crippen molar-refractivity contribution in [2.45, 2.75) is 78.0 Å². The van der Waals surface area contributed by atoms with Crippen molar-refractivity contribution < 1.29 is 43.0 Å². The number of hydrogen-bond donors (Lipinski definition) is 3. The molecule has 0 radical (unpaired) electrons. The van der Waals surface area contributed by atoms with Crippen molar-refractivity contribution in [3.8, 4) is 0 Å². The third kappa shape index (κ3) is 11.3. The van der Waals surface area contributed by atoms with Crippen LogP contribution in [0.25, 0.3) is 0 Å². The Labute approximate surface area is 291 Å². The molecule has 3 amide bonds. The van der Waals surface area contributed by atoms with Gasteiger partial charge >= 0.3 is 12.1 Å². The van der Waals surface area contributed by atoms with E-state index in [1.807, 2.05) is 32.9 Å². The number of aromatic nitrogens is 1. The Morgan fingerprint density at radius 2 is 1.92 bits per heavy atom. The van der Waals surface area contributed by atoms with Gasteiger partial charge in [-0.15, -0.1) is 0 Å². The highest BCUT2D eigenvalue weighted by atomic mass is 16.6. The first kappa shape index (κ1) is 37.8. The second-order valence-corrected chi connectivity index (χ2v) is 12.8. The van der Waals surface area contributed by atoms with Gasteiger partial charge in [0.2, 0.25) is 11.8 Å². The summed E-state index contributed by atoms with van der Waals surface area (Å²) in [7, 11) is 0. The number of cyclic esters (lactones) is 1. The highest BCUT2D eigenvalue weighted by Gasteiger charge is 2.39. The van der Waals surface area contributed by atoms with Gasteiger partial charge in [0.05, 0.1) is 19.1 Å². The molecule has 3 N–H and O–H groups in total. The van der Waals surface area contributed by atoms with Gasteiger partial charge in [-0.25, -0.2) is 14.6 Å². The van der Waals surface area contributed by atoms with Gasteiger partial charge in [-0.2, -0.15) is 0 Å². The standard InChI is InChI=1S/C37H46N4O9/c1-23-9-12-27(13-10-23)39-37(47)48-18-15-26(4)34-25(3)11-14-32(44)38-16-5-7-24(2)19-28(42)20-29(43)21-33-40-30(22-49-33)35(45)41-17-6-8-31(41)36(46)50-34/h5,7,9-14,19,22,25-26,28,31,34,42H,6,8,15-18,20-21H2,1-4H3,(H,38,44)(H,39,47)/b7-5+,14-11+,24-19+/t25-,26-,28-,31-,34+/m1/s1. The van der Waals surface area contributed by atoms with Gasteiger partial charge < -0.3 is 29.2 Å². The number of benzene rings is 1. The van der Waals surface area contributed by atoms with Crippen LogP contribution >= 0.6 is 0 Å². The summed E-state index contributed by atoms with van der Waals surface area (Å²) >= 11 is 0. The van der Waals surface area contributed by atoms with Crippen molar-refractivity contribution in [3.63, 3.8) is 0 Å². The molecule has 1 fully saturated rings. The number of carbonyl (C=O) groups excluding carboxylic acids is 5. The monoisotopic (exact) mass is 690 g/mol. The van der Waals surface area contributed by atoms with E-state index in [0.29, 0.717) is 37.1 Å². The zero-order valence-electron chi connectivity index (χ0n) is 28.9. The topological polar surface area (TPSA) is 177 Å². The minimum absolute atomic E-state index is 0.0304. The molecule has 1 aromatic carbocycles. The number of ether oxygens (including phenoxy) is 2. The minimum Gasteiger partial charge on any atom is -0.460 e. The van der Waals surface area contributed by atoms with Crippen molar-refractivity contribution >= 4 is 35.3 Å². The first-order valence-electron chi connectivity index (χ1n) is 16.9. The number of carbonyl (C=O) groups is 5. The van der Waals surface area contributed by atoms with E-state index in [0.717, 1.165) is 11.8 Å². The molecule has 3 heterocycles. The summed E-state index contributed by atoms with van der Waals surface area (Å²) in [5.74, 6) is -2.53. The van der Waals surface area contributed by atoms with Crippen LogP contribution in [-0.2, 0) is 30.3 Å². The van der Waals surface area contributed by atoms with E-state index < -0.39 is 42.1 Å². The molecule has 0 saturated carbocycles.